The van der Waals surface area contributed by atoms with Crippen LogP contribution in [0.25, 0.3) is 0 Å². The van der Waals surface area contributed by atoms with Gasteiger partial charge in [0.2, 0.25) is 5.91 Å². The van der Waals surface area contributed by atoms with Gasteiger partial charge in [0.25, 0.3) is 0 Å². The Morgan fingerprint density at radius 3 is 2.25 bits per heavy atom. The second-order valence-electron chi connectivity index (χ2n) is 3.98. The number of amides is 1. The van der Waals surface area contributed by atoms with Crippen molar-refractivity contribution in [1.82, 2.24) is 9.80 Å². The SMILES string of the molecule is CS(=O)(=O)CC(=O)N1CCN(CCBr)CC1. The van der Waals surface area contributed by atoms with Crippen LogP contribution in [0.5, 0.6) is 0 Å². The minimum Gasteiger partial charge on any atom is -0.339 e. The van der Waals surface area contributed by atoms with Gasteiger partial charge in [0.15, 0.2) is 9.84 Å². The van der Waals surface area contributed by atoms with Crippen LogP contribution in [0.3, 0.4) is 0 Å². The Labute approximate surface area is 105 Å². The molecule has 1 aliphatic rings. The summed E-state index contributed by atoms with van der Waals surface area (Å²) < 4.78 is 22.0. The van der Waals surface area contributed by atoms with E-state index in [0.29, 0.717) is 13.1 Å². The minimum absolute atomic E-state index is 0.277. The summed E-state index contributed by atoms with van der Waals surface area (Å²) in [5, 5.41) is 0.921. The molecule has 1 saturated heterocycles. The lowest BCUT2D eigenvalue weighted by Gasteiger charge is -2.34. The van der Waals surface area contributed by atoms with Gasteiger partial charge in [0.05, 0.1) is 0 Å². The Morgan fingerprint density at radius 1 is 1.25 bits per heavy atom. The lowest BCUT2D eigenvalue weighted by Crippen LogP contribution is -2.50. The summed E-state index contributed by atoms with van der Waals surface area (Å²) in [4.78, 5) is 15.5. The third kappa shape index (κ3) is 4.80. The molecule has 1 fully saturated rings. The van der Waals surface area contributed by atoms with Crippen LogP contribution < -0.4 is 0 Å². The maximum atomic E-state index is 11.6. The van der Waals surface area contributed by atoms with Gasteiger partial charge in [-0.1, -0.05) is 15.9 Å². The first kappa shape index (κ1) is 13.9. The van der Waals surface area contributed by atoms with E-state index in [0.717, 1.165) is 31.2 Å². The molecule has 1 heterocycles. The third-order valence-electron chi connectivity index (χ3n) is 2.51. The van der Waals surface area contributed by atoms with Gasteiger partial charge in [-0.2, -0.15) is 0 Å². The molecule has 0 aromatic rings. The number of rotatable bonds is 4. The summed E-state index contributed by atoms with van der Waals surface area (Å²) in [6.07, 6.45) is 1.09. The lowest BCUT2D eigenvalue weighted by atomic mass is 10.3. The van der Waals surface area contributed by atoms with Crippen LogP contribution >= 0.6 is 15.9 Å². The summed E-state index contributed by atoms with van der Waals surface area (Å²) in [6, 6.07) is 0. The molecule has 0 unspecified atom stereocenters. The number of hydrogen-bond acceptors (Lipinski definition) is 4. The molecule has 0 aliphatic carbocycles. The van der Waals surface area contributed by atoms with E-state index in [-0.39, 0.29) is 11.7 Å². The predicted octanol–water partition coefficient (Wildman–Crippen LogP) is -0.430. The first-order chi connectivity index (χ1) is 7.42. The van der Waals surface area contributed by atoms with Gasteiger partial charge in [-0.3, -0.25) is 9.69 Å². The van der Waals surface area contributed by atoms with Crippen molar-refractivity contribution >= 4 is 31.7 Å². The Morgan fingerprint density at radius 2 is 1.81 bits per heavy atom. The maximum Gasteiger partial charge on any atom is 0.237 e. The molecule has 0 bridgehead atoms. The van der Waals surface area contributed by atoms with Crippen LogP contribution in [0.2, 0.25) is 0 Å². The summed E-state index contributed by atoms with van der Waals surface area (Å²) >= 11 is 3.37. The average Bonchev–Trinajstić information content (AvgIpc) is 2.16. The van der Waals surface area contributed by atoms with E-state index in [2.05, 4.69) is 20.8 Å². The van der Waals surface area contributed by atoms with E-state index in [1.165, 1.54) is 0 Å². The molecule has 0 spiro atoms. The van der Waals surface area contributed by atoms with Crippen LogP contribution in [0.15, 0.2) is 0 Å². The molecular formula is C9H17BrN2O3S. The Kier molecular flexibility index (Phi) is 5.20. The zero-order valence-corrected chi connectivity index (χ0v) is 11.8. The molecule has 0 N–H and O–H groups in total. The van der Waals surface area contributed by atoms with Gasteiger partial charge in [0.1, 0.15) is 5.75 Å². The zero-order valence-electron chi connectivity index (χ0n) is 9.36. The molecule has 1 amide bonds. The van der Waals surface area contributed by atoms with Gasteiger partial charge in [0, 0.05) is 44.3 Å². The van der Waals surface area contributed by atoms with Crippen LogP contribution in [0.1, 0.15) is 0 Å². The number of nitrogens with zero attached hydrogens (tertiary/aromatic N) is 2. The van der Waals surface area contributed by atoms with Crippen molar-refractivity contribution < 1.29 is 13.2 Å². The molecule has 0 aromatic heterocycles. The second-order valence-corrected chi connectivity index (χ2v) is 6.91. The Balaban J connectivity index is 2.39. The first-order valence-corrected chi connectivity index (χ1v) is 8.34. The summed E-state index contributed by atoms with van der Waals surface area (Å²) in [6.45, 7) is 3.86. The molecule has 94 valence electrons. The van der Waals surface area contributed by atoms with E-state index >= 15 is 0 Å². The maximum absolute atomic E-state index is 11.6. The van der Waals surface area contributed by atoms with E-state index in [9.17, 15) is 13.2 Å². The van der Waals surface area contributed by atoms with Gasteiger partial charge in [-0.25, -0.2) is 8.42 Å². The topological polar surface area (TPSA) is 57.7 Å². The molecule has 5 nitrogen and oxygen atoms in total. The van der Waals surface area contributed by atoms with Gasteiger partial charge < -0.3 is 4.90 Å². The summed E-state index contributed by atoms with van der Waals surface area (Å²) in [5.41, 5.74) is 0. The molecule has 16 heavy (non-hydrogen) atoms. The van der Waals surface area contributed by atoms with Crippen LogP contribution in [-0.4, -0.2) is 74.2 Å². The van der Waals surface area contributed by atoms with Crippen molar-refractivity contribution in [2.45, 2.75) is 0 Å². The van der Waals surface area contributed by atoms with Gasteiger partial charge in [-0.15, -0.1) is 0 Å². The van der Waals surface area contributed by atoms with E-state index in [1.54, 1.807) is 4.90 Å². The van der Waals surface area contributed by atoms with Crippen molar-refractivity contribution in [2.75, 3.05) is 50.1 Å². The zero-order chi connectivity index (χ0) is 12.2. The number of carbonyl (C=O) groups excluding carboxylic acids is 1. The fourth-order valence-corrected chi connectivity index (χ4v) is 2.79. The highest BCUT2D eigenvalue weighted by molar-refractivity contribution is 9.09. The third-order valence-corrected chi connectivity index (χ3v) is 3.64. The quantitative estimate of drug-likeness (QED) is 0.661. The van der Waals surface area contributed by atoms with E-state index in [4.69, 9.17) is 0 Å². The Hall–Kier alpha value is -0.140. The lowest BCUT2D eigenvalue weighted by molar-refractivity contribution is -0.130. The molecule has 0 aromatic carbocycles. The van der Waals surface area contributed by atoms with Crippen molar-refractivity contribution in [3.05, 3.63) is 0 Å². The van der Waals surface area contributed by atoms with Gasteiger partial charge >= 0.3 is 0 Å². The fourth-order valence-electron chi connectivity index (χ4n) is 1.66. The monoisotopic (exact) mass is 312 g/mol. The van der Waals surface area contributed by atoms with Gasteiger partial charge in [-0.05, 0) is 0 Å². The molecule has 0 radical (unpaired) electrons. The van der Waals surface area contributed by atoms with Crippen molar-refractivity contribution in [2.24, 2.45) is 0 Å². The average molecular weight is 313 g/mol. The number of hydrogen-bond donors (Lipinski definition) is 0. The molecular weight excluding hydrogens is 296 g/mol. The fraction of sp³-hybridized carbons (Fsp3) is 0.889. The van der Waals surface area contributed by atoms with Crippen molar-refractivity contribution in [3.8, 4) is 0 Å². The highest BCUT2D eigenvalue weighted by atomic mass is 79.9. The molecule has 0 atom stereocenters. The standard InChI is InChI=1S/C9H17BrN2O3S/c1-16(14,15)8-9(13)12-6-4-11(3-2-10)5-7-12/h2-8H2,1H3. The van der Waals surface area contributed by atoms with Crippen LogP contribution in [-0.2, 0) is 14.6 Å². The molecule has 0 saturated carbocycles. The highest BCUT2D eigenvalue weighted by Gasteiger charge is 2.22. The Bertz CT molecular complexity index is 337. The smallest absolute Gasteiger partial charge is 0.237 e. The van der Waals surface area contributed by atoms with Crippen molar-refractivity contribution in [1.29, 1.82) is 0 Å². The number of carbonyl (C=O) groups is 1. The van der Waals surface area contributed by atoms with E-state index < -0.39 is 9.84 Å². The van der Waals surface area contributed by atoms with Crippen LogP contribution in [0.4, 0.5) is 0 Å². The number of sulfone groups is 1. The molecule has 1 aliphatic heterocycles. The number of piperazine rings is 1. The largest absolute Gasteiger partial charge is 0.339 e. The molecule has 1 rings (SSSR count). The van der Waals surface area contributed by atoms with Crippen LogP contribution in [0, 0.1) is 0 Å². The molecule has 7 heteroatoms. The minimum atomic E-state index is -3.21. The summed E-state index contributed by atoms with van der Waals surface area (Å²) in [7, 11) is -3.21. The normalized spacial score (nSPS) is 18.8. The summed E-state index contributed by atoms with van der Waals surface area (Å²) in [5.74, 6) is -0.646. The van der Waals surface area contributed by atoms with Crippen molar-refractivity contribution in [3.63, 3.8) is 0 Å². The number of alkyl halides is 1. The number of halogens is 1. The highest BCUT2D eigenvalue weighted by Crippen LogP contribution is 2.03. The predicted molar refractivity (Wildman–Crippen MR) is 66.5 cm³/mol. The second kappa shape index (κ2) is 5.97. The van der Waals surface area contributed by atoms with E-state index in [1.807, 2.05) is 0 Å². The first-order valence-electron chi connectivity index (χ1n) is 5.16.